The fraction of sp³-hybridized carbons (Fsp3) is 0.167. The van der Waals surface area contributed by atoms with Gasteiger partial charge in [0, 0.05) is 18.9 Å². The number of aryl methyl sites for hydroxylation is 1. The van der Waals surface area contributed by atoms with Gasteiger partial charge in [0.15, 0.2) is 0 Å². The van der Waals surface area contributed by atoms with Crippen LogP contribution in [0.1, 0.15) is 23.8 Å². The Morgan fingerprint density at radius 2 is 1.96 bits per heavy atom. The molecule has 3 N–H and O–H groups in total. The first-order valence-electron chi connectivity index (χ1n) is 7.89. The number of nitrogens with zero attached hydrogens (tertiary/aromatic N) is 1. The normalized spacial score (nSPS) is 11.7. The fourth-order valence-corrected chi connectivity index (χ4v) is 2.40. The Labute approximate surface area is 144 Å². The van der Waals surface area contributed by atoms with Crippen LogP contribution in [0.3, 0.4) is 0 Å². The van der Waals surface area contributed by atoms with E-state index >= 15 is 0 Å². The molecule has 2 heterocycles. The van der Waals surface area contributed by atoms with Gasteiger partial charge in [0.25, 0.3) is 5.91 Å². The van der Waals surface area contributed by atoms with Crippen LogP contribution in [0.25, 0.3) is 0 Å². The third kappa shape index (κ3) is 4.57. The number of carbonyl (C=O) groups is 2. The first-order chi connectivity index (χ1) is 12.2. The molecule has 3 aromatic rings. The van der Waals surface area contributed by atoms with E-state index in [2.05, 4.69) is 20.8 Å². The van der Waals surface area contributed by atoms with E-state index in [0.717, 1.165) is 5.76 Å². The predicted molar refractivity (Wildman–Crippen MR) is 91.6 cm³/mol. The SMILES string of the molecule is O=C(CCc1ccco1)NC(C(=O)Nc1ccn[nH]1)c1ccccc1. The van der Waals surface area contributed by atoms with Gasteiger partial charge < -0.3 is 15.1 Å². The van der Waals surface area contributed by atoms with E-state index < -0.39 is 6.04 Å². The summed E-state index contributed by atoms with van der Waals surface area (Å²) in [7, 11) is 0. The van der Waals surface area contributed by atoms with Gasteiger partial charge in [-0.25, -0.2) is 0 Å². The second-order valence-corrected chi connectivity index (χ2v) is 5.45. The van der Waals surface area contributed by atoms with Crippen molar-refractivity contribution in [3.8, 4) is 0 Å². The lowest BCUT2D eigenvalue weighted by molar-refractivity contribution is -0.126. The van der Waals surface area contributed by atoms with E-state index in [0.29, 0.717) is 17.8 Å². The lowest BCUT2D eigenvalue weighted by atomic mass is 10.1. The molecule has 0 radical (unpaired) electrons. The number of anilines is 1. The maximum Gasteiger partial charge on any atom is 0.252 e. The van der Waals surface area contributed by atoms with Gasteiger partial charge in [-0.15, -0.1) is 0 Å². The Morgan fingerprint density at radius 1 is 1.12 bits per heavy atom. The average Bonchev–Trinajstić information content (AvgIpc) is 3.32. The molecule has 1 aromatic carbocycles. The quantitative estimate of drug-likeness (QED) is 0.616. The molecular formula is C18H18N4O3. The van der Waals surface area contributed by atoms with Gasteiger partial charge >= 0.3 is 0 Å². The number of hydrogen-bond donors (Lipinski definition) is 3. The number of carbonyl (C=O) groups excluding carboxylic acids is 2. The van der Waals surface area contributed by atoms with Crippen molar-refractivity contribution in [2.24, 2.45) is 0 Å². The summed E-state index contributed by atoms with van der Waals surface area (Å²) >= 11 is 0. The van der Waals surface area contributed by atoms with Crippen molar-refractivity contribution in [1.29, 1.82) is 0 Å². The monoisotopic (exact) mass is 338 g/mol. The van der Waals surface area contributed by atoms with Crippen LogP contribution < -0.4 is 10.6 Å². The van der Waals surface area contributed by atoms with Crippen molar-refractivity contribution in [2.45, 2.75) is 18.9 Å². The predicted octanol–water partition coefficient (Wildman–Crippen LogP) is 2.43. The summed E-state index contributed by atoms with van der Waals surface area (Å²) in [5, 5.41) is 11.9. The highest BCUT2D eigenvalue weighted by atomic mass is 16.3. The van der Waals surface area contributed by atoms with Crippen molar-refractivity contribution in [1.82, 2.24) is 15.5 Å². The van der Waals surface area contributed by atoms with E-state index in [-0.39, 0.29) is 18.2 Å². The van der Waals surface area contributed by atoms with Crippen LogP contribution in [0, 0.1) is 0 Å². The van der Waals surface area contributed by atoms with Gasteiger partial charge in [-0.3, -0.25) is 14.7 Å². The van der Waals surface area contributed by atoms with Gasteiger partial charge in [-0.1, -0.05) is 30.3 Å². The highest BCUT2D eigenvalue weighted by Gasteiger charge is 2.23. The molecule has 0 saturated heterocycles. The number of amides is 2. The van der Waals surface area contributed by atoms with E-state index in [9.17, 15) is 9.59 Å². The molecule has 0 spiro atoms. The summed E-state index contributed by atoms with van der Waals surface area (Å²) in [5.41, 5.74) is 0.700. The summed E-state index contributed by atoms with van der Waals surface area (Å²) in [4.78, 5) is 24.9. The Kier molecular flexibility index (Phi) is 5.26. The van der Waals surface area contributed by atoms with Crippen molar-refractivity contribution in [3.63, 3.8) is 0 Å². The molecule has 2 aromatic heterocycles. The zero-order valence-corrected chi connectivity index (χ0v) is 13.4. The molecule has 0 aliphatic heterocycles. The standard InChI is InChI=1S/C18H18N4O3/c23-16(9-8-14-7-4-12-25-14)21-17(13-5-2-1-3-6-13)18(24)20-15-10-11-19-22-15/h1-7,10-12,17H,8-9H2,(H,21,23)(H2,19,20,22,24). The average molecular weight is 338 g/mol. The largest absolute Gasteiger partial charge is 0.469 e. The molecule has 1 unspecified atom stereocenters. The van der Waals surface area contributed by atoms with E-state index in [1.165, 1.54) is 6.20 Å². The molecule has 2 amide bonds. The van der Waals surface area contributed by atoms with E-state index in [1.54, 1.807) is 30.5 Å². The third-order valence-corrected chi connectivity index (χ3v) is 3.64. The Morgan fingerprint density at radius 3 is 2.64 bits per heavy atom. The topological polar surface area (TPSA) is 100 Å². The molecule has 1 atom stereocenters. The van der Waals surface area contributed by atoms with Crippen molar-refractivity contribution >= 4 is 17.6 Å². The molecule has 7 heteroatoms. The number of furan rings is 1. The van der Waals surface area contributed by atoms with Crippen LogP contribution in [0.15, 0.2) is 65.4 Å². The summed E-state index contributed by atoms with van der Waals surface area (Å²) in [6, 6.07) is 13.5. The van der Waals surface area contributed by atoms with E-state index in [4.69, 9.17) is 4.42 Å². The molecule has 0 fully saturated rings. The summed E-state index contributed by atoms with van der Waals surface area (Å²) in [5.74, 6) is 0.621. The number of aromatic amines is 1. The smallest absolute Gasteiger partial charge is 0.252 e. The second-order valence-electron chi connectivity index (χ2n) is 5.45. The Bertz CT molecular complexity index is 798. The first kappa shape index (κ1) is 16.5. The van der Waals surface area contributed by atoms with Gasteiger partial charge in [-0.05, 0) is 17.7 Å². The lowest BCUT2D eigenvalue weighted by Gasteiger charge is -2.18. The van der Waals surface area contributed by atoms with Crippen LogP contribution in [-0.4, -0.2) is 22.0 Å². The maximum absolute atomic E-state index is 12.6. The van der Waals surface area contributed by atoms with Crippen LogP contribution in [0.2, 0.25) is 0 Å². The minimum Gasteiger partial charge on any atom is -0.469 e. The van der Waals surface area contributed by atoms with Gasteiger partial charge in [0.1, 0.15) is 17.6 Å². The van der Waals surface area contributed by atoms with Crippen LogP contribution in [-0.2, 0) is 16.0 Å². The van der Waals surface area contributed by atoms with E-state index in [1.807, 2.05) is 24.3 Å². The Balaban J connectivity index is 1.67. The number of nitrogens with one attached hydrogen (secondary N) is 3. The molecule has 3 rings (SSSR count). The zero-order valence-electron chi connectivity index (χ0n) is 13.4. The van der Waals surface area contributed by atoms with Crippen molar-refractivity contribution < 1.29 is 14.0 Å². The third-order valence-electron chi connectivity index (χ3n) is 3.64. The molecule has 25 heavy (non-hydrogen) atoms. The van der Waals surface area contributed by atoms with Crippen LogP contribution in [0.4, 0.5) is 5.82 Å². The molecule has 128 valence electrons. The van der Waals surface area contributed by atoms with Gasteiger partial charge in [0.05, 0.1) is 12.5 Å². The highest BCUT2D eigenvalue weighted by Crippen LogP contribution is 2.16. The fourth-order valence-electron chi connectivity index (χ4n) is 2.40. The second kappa shape index (κ2) is 7.96. The molecule has 0 saturated carbocycles. The van der Waals surface area contributed by atoms with Crippen LogP contribution >= 0.6 is 0 Å². The molecule has 0 aliphatic carbocycles. The van der Waals surface area contributed by atoms with Gasteiger partial charge in [-0.2, -0.15) is 5.10 Å². The number of rotatable bonds is 7. The van der Waals surface area contributed by atoms with Gasteiger partial charge in [0.2, 0.25) is 5.91 Å². The first-order valence-corrected chi connectivity index (χ1v) is 7.89. The zero-order chi connectivity index (χ0) is 17.5. The van der Waals surface area contributed by atoms with Crippen LogP contribution in [0.5, 0.6) is 0 Å². The summed E-state index contributed by atoms with van der Waals surface area (Å²) < 4.78 is 5.22. The Hall–Kier alpha value is -3.35. The summed E-state index contributed by atoms with van der Waals surface area (Å²) in [6.07, 6.45) is 3.81. The minimum atomic E-state index is -0.798. The molecular weight excluding hydrogens is 320 g/mol. The number of aromatic nitrogens is 2. The number of benzene rings is 1. The van der Waals surface area contributed by atoms with Crippen molar-refractivity contribution in [2.75, 3.05) is 5.32 Å². The minimum absolute atomic E-state index is 0.230. The maximum atomic E-state index is 12.6. The molecule has 7 nitrogen and oxygen atoms in total. The number of H-pyrrole nitrogens is 1. The number of hydrogen-bond acceptors (Lipinski definition) is 4. The van der Waals surface area contributed by atoms with Crippen molar-refractivity contribution in [3.05, 3.63) is 72.3 Å². The lowest BCUT2D eigenvalue weighted by Crippen LogP contribution is -2.37. The molecule has 0 aliphatic rings. The highest BCUT2D eigenvalue weighted by molar-refractivity contribution is 5.97. The summed E-state index contributed by atoms with van der Waals surface area (Å²) in [6.45, 7) is 0. The molecule has 0 bridgehead atoms.